The number of hydrogen-bond acceptors (Lipinski definition) is 2. The van der Waals surface area contributed by atoms with Crippen LogP contribution in [-0.4, -0.2) is 23.8 Å². The van der Waals surface area contributed by atoms with Crippen molar-refractivity contribution in [2.75, 3.05) is 13.6 Å². The first kappa shape index (κ1) is 11.9. The van der Waals surface area contributed by atoms with Crippen LogP contribution in [0, 0.1) is 13.8 Å². The number of hydrogen-bond donors (Lipinski definition) is 2. The van der Waals surface area contributed by atoms with Crippen molar-refractivity contribution >= 4 is 0 Å². The fourth-order valence-electron chi connectivity index (χ4n) is 1.92. The van der Waals surface area contributed by atoms with Gasteiger partial charge in [0.15, 0.2) is 0 Å². The molecular weight excluding hydrogens is 210 g/mol. The third-order valence-corrected chi connectivity index (χ3v) is 3.06. The minimum absolute atomic E-state index is 0.969. The second kappa shape index (κ2) is 5.15. The Morgan fingerprint density at radius 3 is 2.53 bits per heavy atom. The number of likely N-dealkylation sites (N-methyl/N-ethyl adjacent to an activating group) is 1. The minimum atomic E-state index is 0.969. The number of H-pyrrole nitrogens is 1. The van der Waals surface area contributed by atoms with Crippen LogP contribution in [0.2, 0.25) is 0 Å². The zero-order chi connectivity index (χ0) is 12.3. The Balaban J connectivity index is 2.27. The van der Waals surface area contributed by atoms with Gasteiger partial charge in [-0.1, -0.05) is 29.8 Å². The van der Waals surface area contributed by atoms with E-state index in [0.29, 0.717) is 0 Å². The Labute approximate surface area is 102 Å². The Hall–Kier alpha value is -1.61. The number of nitrogens with zero attached hydrogens (tertiary/aromatic N) is 1. The average molecular weight is 229 g/mol. The van der Waals surface area contributed by atoms with Gasteiger partial charge < -0.3 is 5.32 Å². The van der Waals surface area contributed by atoms with Crippen molar-refractivity contribution in [3.63, 3.8) is 0 Å². The Morgan fingerprint density at radius 1 is 1.18 bits per heavy atom. The lowest BCUT2D eigenvalue weighted by Gasteiger charge is -2.01. The maximum atomic E-state index is 4.42. The van der Waals surface area contributed by atoms with Gasteiger partial charge in [-0.15, -0.1) is 0 Å². The second-order valence-corrected chi connectivity index (χ2v) is 4.40. The molecule has 0 amide bonds. The Kier molecular flexibility index (Phi) is 3.59. The van der Waals surface area contributed by atoms with Crippen LogP contribution in [0.25, 0.3) is 11.3 Å². The Morgan fingerprint density at radius 2 is 1.88 bits per heavy atom. The zero-order valence-electron chi connectivity index (χ0n) is 10.7. The zero-order valence-corrected chi connectivity index (χ0v) is 10.7. The van der Waals surface area contributed by atoms with Gasteiger partial charge >= 0.3 is 0 Å². The van der Waals surface area contributed by atoms with Gasteiger partial charge in [-0.3, -0.25) is 5.10 Å². The highest BCUT2D eigenvalue weighted by molar-refractivity contribution is 5.63. The van der Waals surface area contributed by atoms with Crippen molar-refractivity contribution < 1.29 is 0 Å². The summed E-state index contributed by atoms with van der Waals surface area (Å²) in [4.78, 5) is 0. The van der Waals surface area contributed by atoms with Gasteiger partial charge in [0.25, 0.3) is 0 Å². The molecule has 3 nitrogen and oxygen atoms in total. The maximum absolute atomic E-state index is 4.42. The largest absolute Gasteiger partial charge is 0.319 e. The molecule has 0 saturated heterocycles. The molecule has 0 saturated carbocycles. The molecular formula is C14H19N3. The molecule has 17 heavy (non-hydrogen) atoms. The molecule has 3 heteroatoms. The van der Waals surface area contributed by atoms with E-state index in [1.807, 2.05) is 7.05 Å². The van der Waals surface area contributed by atoms with Crippen molar-refractivity contribution in [3.05, 3.63) is 41.1 Å². The van der Waals surface area contributed by atoms with E-state index in [9.17, 15) is 0 Å². The molecule has 1 aromatic heterocycles. The molecule has 0 atom stereocenters. The molecule has 2 aromatic rings. The number of aryl methyl sites for hydroxylation is 1. The van der Waals surface area contributed by atoms with Crippen LogP contribution >= 0.6 is 0 Å². The summed E-state index contributed by atoms with van der Waals surface area (Å²) in [6, 6.07) is 8.49. The molecule has 0 aliphatic heterocycles. The molecule has 0 aliphatic rings. The summed E-state index contributed by atoms with van der Waals surface area (Å²) in [7, 11) is 1.96. The first-order chi connectivity index (χ1) is 8.22. The van der Waals surface area contributed by atoms with E-state index in [2.05, 4.69) is 53.6 Å². The summed E-state index contributed by atoms with van der Waals surface area (Å²) in [6.07, 6.45) is 0.987. The van der Waals surface area contributed by atoms with Gasteiger partial charge in [-0.25, -0.2) is 0 Å². The van der Waals surface area contributed by atoms with Crippen LogP contribution in [0.1, 0.15) is 16.8 Å². The lowest BCUT2D eigenvalue weighted by molar-refractivity contribution is 0.769. The highest BCUT2D eigenvalue weighted by Gasteiger charge is 2.09. The average Bonchev–Trinajstić information content (AvgIpc) is 2.69. The number of rotatable bonds is 4. The lowest BCUT2D eigenvalue weighted by atomic mass is 10.0. The molecule has 2 N–H and O–H groups in total. The molecule has 0 spiro atoms. The summed E-state index contributed by atoms with van der Waals surface area (Å²) in [5.41, 5.74) is 5.99. The highest BCUT2D eigenvalue weighted by atomic mass is 15.1. The molecule has 1 aromatic carbocycles. The van der Waals surface area contributed by atoms with Crippen LogP contribution in [0.4, 0.5) is 0 Å². The Bertz CT molecular complexity index is 483. The summed E-state index contributed by atoms with van der Waals surface area (Å²) >= 11 is 0. The summed E-state index contributed by atoms with van der Waals surface area (Å²) in [6.45, 7) is 5.19. The molecule has 0 aliphatic carbocycles. The van der Waals surface area contributed by atoms with E-state index in [-0.39, 0.29) is 0 Å². The fraction of sp³-hybridized carbons (Fsp3) is 0.357. The van der Waals surface area contributed by atoms with Crippen molar-refractivity contribution in [3.8, 4) is 11.3 Å². The van der Waals surface area contributed by atoms with E-state index in [0.717, 1.165) is 18.7 Å². The predicted octanol–water partition coefficient (Wildman–Crippen LogP) is 2.46. The molecule has 0 radical (unpaired) electrons. The summed E-state index contributed by atoms with van der Waals surface area (Å²) in [5.74, 6) is 0. The molecule has 0 unspecified atom stereocenters. The van der Waals surface area contributed by atoms with E-state index >= 15 is 0 Å². The normalized spacial score (nSPS) is 10.8. The van der Waals surface area contributed by atoms with Crippen LogP contribution in [0.15, 0.2) is 24.3 Å². The van der Waals surface area contributed by atoms with Crippen molar-refractivity contribution in [1.82, 2.24) is 15.5 Å². The predicted molar refractivity (Wildman–Crippen MR) is 71.1 cm³/mol. The van der Waals surface area contributed by atoms with E-state index < -0.39 is 0 Å². The molecule has 0 bridgehead atoms. The second-order valence-electron chi connectivity index (χ2n) is 4.40. The van der Waals surface area contributed by atoms with Crippen molar-refractivity contribution in [1.29, 1.82) is 0 Å². The van der Waals surface area contributed by atoms with E-state index in [4.69, 9.17) is 0 Å². The monoisotopic (exact) mass is 229 g/mol. The summed E-state index contributed by atoms with van der Waals surface area (Å²) in [5, 5.41) is 10.7. The third kappa shape index (κ3) is 2.56. The van der Waals surface area contributed by atoms with Crippen molar-refractivity contribution in [2.24, 2.45) is 0 Å². The third-order valence-electron chi connectivity index (χ3n) is 3.06. The number of nitrogens with one attached hydrogen (secondary N) is 2. The quantitative estimate of drug-likeness (QED) is 0.845. The lowest BCUT2D eigenvalue weighted by Crippen LogP contribution is -2.11. The molecule has 90 valence electrons. The maximum Gasteiger partial charge on any atom is 0.0952 e. The van der Waals surface area contributed by atoms with Crippen LogP contribution in [0.5, 0.6) is 0 Å². The first-order valence-electron chi connectivity index (χ1n) is 5.98. The van der Waals surface area contributed by atoms with Gasteiger partial charge in [0.1, 0.15) is 0 Å². The van der Waals surface area contributed by atoms with Gasteiger partial charge in [0, 0.05) is 24.2 Å². The topological polar surface area (TPSA) is 40.7 Å². The number of aromatic amines is 1. The van der Waals surface area contributed by atoms with Crippen LogP contribution < -0.4 is 5.32 Å². The van der Waals surface area contributed by atoms with Crippen LogP contribution in [0.3, 0.4) is 0 Å². The fourth-order valence-corrected chi connectivity index (χ4v) is 1.92. The number of benzene rings is 1. The van der Waals surface area contributed by atoms with Gasteiger partial charge in [-0.05, 0) is 26.5 Å². The first-order valence-corrected chi connectivity index (χ1v) is 5.98. The molecule has 2 rings (SSSR count). The van der Waals surface area contributed by atoms with E-state index in [1.165, 1.54) is 22.4 Å². The minimum Gasteiger partial charge on any atom is -0.319 e. The smallest absolute Gasteiger partial charge is 0.0952 e. The van der Waals surface area contributed by atoms with Gasteiger partial charge in [-0.2, -0.15) is 5.10 Å². The highest BCUT2D eigenvalue weighted by Crippen LogP contribution is 2.23. The standard InChI is InChI=1S/C14H19N3/c1-10-4-6-12(7-5-10)14-11(2)13(16-17-14)8-9-15-3/h4-7,15H,8-9H2,1-3H3,(H,16,17). The molecule has 0 fully saturated rings. The molecule has 1 heterocycles. The van der Waals surface area contributed by atoms with Gasteiger partial charge in [0.05, 0.1) is 5.69 Å². The number of aromatic nitrogens is 2. The SMILES string of the molecule is CNCCc1[nH]nc(-c2ccc(C)cc2)c1C. The summed E-state index contributed by atoms with van der Waals surface area (Å²) < 4.78 is 0. The van der Waals surface area contributed by atoms with Crippen LogP contribution in [-0.2, 0) is 6.42 Å². The van der Waals surface area contributed by atoms with Gasteiger partial charge in [0.2, 0.25) is 0 Å². The van der Waals surface area contributed by atoms with Crippen molar-refractivity contribution in [2.45, 2.75) is 20.3 Å². The van der Waals surface area contributed by atoms with E-state index in [1.54, 1.807) is 0 Å².